The first kappa shape index (κ1) is 12.9. The molecule has 0 fully saturated rings. The number of nitrogens with zero attached hydrogens (tertiary/aromatic N) is 1. The first-order valence-electron chi connectivity index (χ1n) is 4.97. The molecule has 2 N–H and O–H groups in total. The number of halogens is 2. The Hall–Kier alpha value is -0.550. The van der Waals surface area contributed by atoms with Gasteiger partial charge in [0.15, 0.2) is 0 Å². The van der Waals surface area contributed by atoms with Gasteiger partial charge in [0.2, 0.25) is 0 Å². The highest BCUT2D eigenvalue weighted by Crippen LogP contribution is 2.33. The summed E-state index contributed by atoms with van der Waals surface area (Å²) in [6.45, 7) is 0.426. The van der Waals surface area contributed by atoms with E-state index in [4.69, 9.17) is 17.3 Å². The van der Waals surface area contributed by atoms with Crippen molar-refractivity contribution < 1.29 is 0 Å². The number of hydrogen-bond acceptors (Lipinski definition) is 3. The minimum atomic E-state index is 0.426. The highest BCUT2D eigenvalue weighted by atomic mass is 79.9. The summed E-state index contributed by atoms with van der Waals surface area (Å²) in [6, 6.07) is 9.85. The van der Waals surface area contributed by atoms with Gasteiger partial charge in [-0.05, 0) is 35.9 Å². The summed E-state index contributed by atoms with van der Waals surface area (Å²) in [5, 5.41) is 1.43. The van der Waals surface area contributed by atoms with E-state index < -0.39 is 0 Å². The summed E-state index contributed by atoms with van der Waals surface area (Å²) in [7, 11) is 0. The van der Waals surface area contributed by atoms with Gasteiger partial charge in [0.25, 0.3) is 0 Å². The molecule has 2 aromatic rings. The Balaban J connectivity index is 2.27. The molecule has 0 radical (unpaired) electrons. The predicted molar refractivity (Wildman–Crippen MR) is 75.4 cm³/mol. The molecular formula is C12H10BrClN2S. The molecular weight excluding hydrogens is 320 g/mol. The Morgan fingerprint density at radius 2 is 1.94 bits per heavy atom. The predicted octanol–water partition coefficient (Wildman–Crippen LogP) is 4.11. The second-order valence-electron chi connectivity index (χ2n) is 3.35. The van der Waals surface area contributed by atoms with E-state index >= 15 is 0 Å². The largest absolute Gasteiger partial charge is 0.326 e. The first-order chi connectivity index (χ1) is 8.20. The quantitative estimate of drug-likeness (QED) is 0.921. The summed E-state index contributed by atoms with van der Waals surface area (Å²) in [5.74, 6) is 0. The maximum atomic E-state index is 6.22. The number of rotatable bonds is 3. The van der Waals surface area contributed by atoms with Crippen LogP contribution in [-0.2, 0) is 6.54 Å². The lowest BCUT2D eigenvalue weighted by atomic mass is 10.3. The van der Waals surface area contributed by atoms with Gasteiger partial charge in [-0.15, -0.1) is 0 Å². The number of nitrogens with two attached hydrogens (primary N) is 1. The van der Waals surface area contributed by atoms with Gasteiger partial charge in [-0.1, -0.05) is 39.3 Å². The zero-order chi connectivity index (χ0) is 12.3. The molecule has 2 nitrogen and oxygen atoms in total. The van der Waals surface area contributed by atoms with Crippen molar-refractivity contribution in [1.82, 2.24) is 4.98 Å². The highest BCUT2D eigenvalue weighted by molar-refractivity contribution is 9.10. The molecule has 17 heavy (non-hydrogen) atoms. The molecule has 88 valence electrons. The fourth-order valence-electron chi connectivity index (χ4n) is 1.31. The summed E-state index contributed by atoms with van der Waals surface area (Å²) in [6.07, 6.45) is 1.73. The van der Waals surface area contributed by atoms with Crippen LogP contribution in [0.15, 0.2) is 50.9 Å². The molecule has 5 heteroatoms. The number of pyridine rings is 1. The normalized spacial score (nSPS) is 10.5. The lowest BCUT2D eigenvalue weighted by molar-refractivity contribution is 1.02. The zero-order valence-electron chi connectivity index (χ0n) is 8.86. The minimum Gasteiger partial charge on any atom is -0.326 e. The van der Waals surface area contributed by atoms with Gasteiger partial charge in [0, 0.05) is 22.1 Å². The van der Waals surface area contributed by atoms with Crippen LogP contribution < -0.4 is 5.73 Å². The third kappa shape index (κ3) is 3.22. The van der Waals surface area contributed by atoms with Gasteiger partial charge in [-0.25, -0.2) is 4.98 Å². The monoisotopic (exact) mass is 328 g/mol. The Bertz CT molecular complexity index is 516. The standard InChI is InChI=1S/C12H10BrClN2S/c13-9-1-3-10(4-2-9)17-12-11(14)8(7-15)5-6-16-12/h1-6H,7,15H2. The maximum absolute atomic E-state index is 6.22. The Morgan fingerprint density at radius 3 is 2.59 bits per heavy atom. The van der Waals surface area contributed by atoms with Crippen LogP contribution in [-0.4, -0.2) is 4.98 Å². The fraction of sp³-hybridized carbons (Fsp3) is 0.0833. The third-order valence-electron chi connectivity index (χ3n) is 2.19. The van der Waals surface area contributed by atoms with Gasteiger partial charge >= 0.3 is 0 Å². The second-order valence-corrected chi connectivity index (χ2v) is 5.71. The summed E-state index contributed by atoms with van der Waals surface area (Å²) in [5.41, 5.74) is 6.52. The van der Waals surface area contributed by atoms with Crippen molar-refractivity contribution in [2.75, 3.05) is 0 Å². The molecule has 0 spiro atoms. The summed E-state index contributed by atoms with van der Waals surface area (Å²) in [4.78, 5) is 5.36. The molecule has 1 heterocycles. The lowest BCUT2D eigenvalue weighted by Gasteiger charge is -2.06. The van der Waals surface area contributed by atoms with Gasteiger partial charge in [0.1, 0.15) is 5.03 Å². The van der Waals surface area contributed by atoms with Crippen molar-refractivity contribution in [3.05, 3.63) is 51.6 Å². The molecule has 0 aliphatic rings. The van der Waals surface area contributed by atoms with Gasteiger partial charge in [0.05, 0.1) is 5.02 Å². The van der Waals surface area contributed by atoms with E-state index in [-0.39, 0.29) is 0 Å². The van der Waals surface area contributed by atoms with Crippen LogP contribution in [0, 0.1) is 0 Å². The smallest absolute Gasteiger partial charge is 0.120 e. The molecule has 1 aromatic carbocycles. The highest BCUT2D eigenvalue weighted by Gasteiger charge is 2.07. The zero-order valence-corrected chi connectivity index (χ0v) is 12.0. The van der Waals surface area contributed by atoms with Crippen LogP contribution in [0.1, 0.15) is 5.56 Å². The average molecular weight is 330 g/mol. The number of aromatic nitrogens is 1. The van der Waals surface area contributed by atoms with E-state index in [9.17, 15) is 0 Å². The van der Waals surface area contributed by atoms with Gasteiger partial charge < -0.3 is 5.73 Å². The van der Waals surface area contributed by atoms with Crippen LogP contribution in [0.4, 0.5) is 0 Å². The molecule has 0 unspecified atom stereocenters. The Morgan fingerprint density at radius 1 is 1.24 bits per heavy atom. The van der Waals surface area contributed by atoms with Gasteiger partial charge in [-0.2, -0.15) is 0 Å². The number of hydrogen-bond donors (Lipinski definition) is 1. The minimum absolute atomic E-state index is 0.426. The van der Waals surface area contributed by atoms with E-state index in [0.29, 0.717) is 11.6 Å². The van der Waals surface area contributed by atoms with Crippen molar-refractivity contribution in [1.29, 1.82) is 0 Å². The van der Waals surface area contributed by atoms with Crippen molar-refractivity contribution in [2.45, 2.75) is 16.5 Å². The molecule has 0 saturated heterocycles. The molecule has 2 rings (SSSR count). The van der Waals surface area contributed by atoms with E-state index in [0.717, 1.165) is 20.0 Å². The van der Waals surface area contributed by atoms with Crippen LogP contribution in [0.2, 0.25) is 5.02 Å². The van der Waals surface area contributed by atoms with Crippen molar-refractivity contribution >= 4 is 39.3 Å². The van der Waals surface area contributed by atoms with Crippen LogP contribution in [0.25, 0.3) is 0 Å². The van der Waals surface area contributed by atoms with E-state index in [2.05, 4.69) is 20.9 Å². The molecule has 0 amide bonds. The Kier molecular flexibility index (Phi) is 4.45. The van der Waals surface area contributed by atoms with Crippen molar-refractivity contribution in [3.8, 4) is 0 Å². The molecule has 0 bridgehead atoms. The Labute approximate surface area is 118 Å². The van der Waals surface area contributed by atoms with E-state index in [1.165, 1.54) is 11.8 Å². The summed E-state index contributed by atoms with van der Waals surface area (Å²) >= 11 is 11.2. The van der Waals surface area contributed by atoms with Gasteiger partial charge in [-0.3, -0.25) is 0 Å². The third-order valence-corrected chi connectivity index (χ3v) is 4.26. The first-order valence-corrected chi connectivity index (χ1v) is 6.96. The average Bonchev–Trinajstić information content (AvgIpc) is 2.35. The fourth-order valence-corrected chi connectivity index (χ4v) is 2.70. The molecule has 0 atom stereocenters. The topological polar surface area (TPSA) is 38.9 Å². The SMILES string of the molecule is NCc1ccnc(Sc2ccc(Br)cc2)c1Cl. The van der Waals surface area contributed by atoms with Crippen LogP contribution >= 0.6 is 39.3 Å². The molecule has 0 aliphatic heterocycles. The van der Waals surface area contributed by atoms with Crippen LogP contribution in [0.3, 0.4) is 0 Å². The van der Waals surface area contributed by atoms with E-state index in [1.54, 1.807) is 6.20 Å². The van der Waals surface area contributed by atoms with Crippen molar-refractivity contribution in [3.63, 3.8) is 0 Å². The van der Waals surface area contributed by atoms with E-state index in [1.807, 2.05) is 30.3 Å². The maximum Gasteiger partial charge on any atom is 0.120 e. The second kappa shape index (κ2) is 5.87. The molecule has 1 aromatic heterocycles. The molecule has 0 aliphatic carbocycles. The number of benzene rings is 1. The lowest BCUT2D eigenvalue weighted by Crippen LogP contribution is -1.98. The van der Waals surface area contributed by atoms with Crippen molar-refractivity contribution in [2.24, 2.45) is 5.73 Å². The van der Waals surface area contributed by atoms with Crippen LogP contribution in [0.5, 0.6) is 0 Å². The summed E-state index contributed by atoms with van der Waals surface area (Å²) < 4.78 is 1.05. The molecule has 0 saturated carbocycles.